The Kier molecular flexibility index (Phi) is 4.37. The topological polar surface area (TPSA) is 52.6 Å². The van der Waals surface area contributed by atoms with Gasteiger partial charge in [-0.1, -0.05) is 17.7 Å². The lowest BCUT2D eigenvalue weighted by molar-refractivity contribution is -0.271. The average Bonchev–Trinajstić information content (AvgIpc) is 2.41. The van der Waals surface area contributed by atoms with Crippen LogP contribution in [0, 0.1) is 13.8 Å². The van der Waals surface area contributed by atoms with Crippen molar-refractivity contribution in [3.05, 3.63) is 29.3 Å². The van der Waals surface area contributed by atoms with Gasteiger partial charge in [0.1, 0.15) is 0 Å². The molecule has 1 aliphatic heterocycles. The molecule has 0 aliphatic carbocycles. The molecule has 1 aliphatic rings. The molecule has 0 saturated carbocycles. The molecule has 4 nitrogen and oxygen atoms in total. The SMILES string of the molecule is Cc1ccc(NC(=O)N2CCC(O)(C(F)(F)F)CC2)c(C)c1. The number of carbonyl (C=O) groups excluding carboxylic acids is 1. The first kappa shape index (κ1) is 16.6. The second kappa shape index (κ2) is 5.79. The number of aliphatic hydroxyl groups is 1. The normalized spacial score (nSPS) is 18.2. The lowest BCUT2D eigenvalue weighted by atomic mass is 9.91. The number of benzene rings is 1. The summed E-state index contributed by atoms with van der Waals surface area (Å²) in [5.41, 5.74) is -0.114. The molecule has 0 radical (unpaired) electrons. The molecule has 22 heavy (non-hydrogen) atoms. The first-order valence-corrected chi connectivity index (χ1v) is 7.05. The van der Waals surface area contributed by atoms with E-state index < -0.39 is 30.7 Å². The number of hydrogen-bond acceptors (Lipinski definition) is 2. The van der Waals surface area contributed by atoms with Gasteiger partial charge in [-0.25, -0.2) is 4.79 Å². The van der Waals surface area contributed by atoms with Crippen molar-refractivity contribution in [2.75, 3.05) is 18.4 Å². The fourth-order valence-electron chi connectivity index (χ4n) is 2.51. The summed E-state index contributed by atoms with van der Waals surface area (Å²) < 4.78 is 38.2. The number of alkyl halides is 3. The van der Waals surface area contributed by atoms with Gasteiger partial charge in [0.15, 0.2) is 5.60 Å². The minimum Gasteiger partial charge on any atom is -0.380 e. The molecule has 0 aromatic heterocycles. The lowest BCUT2D eigenvalue weighted by Crippen LogP contribution is -2.55. The molecule has 1 aromatic rings. The standard InChI is InChI=1S/C15H19F3N2O2/c1-10-3-4-12(11(2)9-10)19-13(21)20-7-5-14(22,6-8-20)15(16,17)18/h3-4,9,22H,5-8H2,1-2H3,(H,19,21). The van der Waals surface area contributed by atoms with Crippen molar-refractivity contribution < 1.29 is 23.1 Å². The number of aryl methyl sites for hydroxylation is 2. The van der Waals surface area contributed by atoms with Gasteiger partial charge in [-0.3, -0.25) is 0 Å². The molecule has 1 fully saturated rings. The van der Waals surface area contributed by atoms with Crippen LogP contribution in [0.4, 0.5) is 23.7 Å². The summed E-state index contributed by atoms with van der Waals surface area (Å²) in [6, 6.07) is 5.07. The molecule has 1 saturated heterocycles. The van der Waals surface area contributed by atoms with Crippen LogP contribution in [0.2, 0.25) is 0 Å². The fourth-order valence-corrected chi connectivity index (χ4v) is 2.51. The Labute approximate surface area is 126 Å². The van der Waals surface area contributed by atoms with Crippen LogP contribution in [0.15, 0.2) is 18.2 Å². The largest absolute Gasteiger partial charge is 0.417 e. The van der Waals surface area contributed by atoms with Crippen molar-refractivity contribution in [3.8, 4) is 0 Å². The van der Waals surface area contributed by atoms with E-state index in [1.807, 2.05) is 26.0 Å². The summed E-state index contributed by atoms with van der Waals surface area (Å²) in [5.74, 6) is 0. The van der Waals surface area contributed by atoms with Gasteiger partial charge < -0.3 is 15.3 Å². The molecule has 2 rings (SSSR count). The Bertz CT molecular complexity index is 564. The number of amides is 2. The molecule has 0 spiro atoms. The molecule has 0 atom stereocenters. The zero-order valence-corrected chi connectivity index (χ0v) is 12.5. The summed E-state index contributed by atoms with van der Waals surface area (Å²) in [7, 11) is 0. The van der Waals surface area contributed by atoms with Crippen molar-refractivity contribution in [2.24, 2.45) is 0 Å². The summed E-state index contributed by atoms with van der Waals surface area (Å²) in [5, 5.41) is 12.3. The van der Waals surface area contributed by atoms with Crippen molar-refractivity contribution in [2.45, 2.75) is 38.5 Å². The predicted octanol–water partition coefficient (Wildman–Crippen LogP) is 3.22. The van der Waals surface area contributed by atoms with Crippen molar-refractivity contribution in [1.29, 1.82) is 0 Å². The number of hydrogen-bond donors (Lipinski definition) is 2. The lowest BCUT2D eigenvalue weighted by Gasteiger charge is -2.39. The number of urea groups is 1. The quantitative estimate of drug-likeness (QED) is 0.836. The number of nitrogens with zero attached hydrogens (tertiary/aromatic N) is 1. The Hall–Kier alpha value is -1.76. The van der Waals surface area contributed by atoms with Crippen LogP contribution in [0.1, 0.15) is 24.0 Å². The minimum absolute atomic E-state index is 0.132. The molecule has 1 aromatic carbocycles. The van der Waals surface area contributed by atoms with Crippen molar-refractivity contribution >= 4 is 11.7 Å². The molecule has 0 unspecified atom stereocenters. The van der Waals surface area contributed by atoms with Crippen molar-refractivity contribution in [3.63, 3.8) is 0 Å². The molecule has 7 heteroatoms. The average molecular weight is 316 g/mol. The summed E-state index contributed by atoms with van der Waals surface area (Å²) in [4.78, 5) is 13.4. The van der Waals surface area contributed by atoms with Gasteiger partial charge in [0, 0.05) is 31.6 Å². The van der Waals surface area contributed by atoms with E-state index in [1.54, 1.807) is 6.07 Å². The summed E-state index contributed by atoms with van der Waals surface area (Å²) >= 11 is 0. The maximum atomic E-state index is 12.7. The minimum atomic E-state index is -4.66. The highest BCUT2D eigenvalue weighted by Crippen LogP contribution is 2.38. The van der Waals surface area contributed by atoms with Gasteiger partial charge in [0.25, 0.3) is 0 Å². The van der Waals surface area contributed by atoms with E-state index in [0.29, 0.717) is 5.69 Å². The summed E-state index contributed by atoms with van der Waals surface area (Å²) in [6.07, 6.45) is -5.67. The Morgan fingerprint density at radius 1 is 1.27 bits per heavy atom. The zero-order chi connectivity index (χ0) is 16.5. The first-order valence-electron chi connectivity index (χ1n) is 7.05. The highest BCUT2D eigenvalue weighted by atomic mass is 19.4. The van der Waals surface area contributed by atoms with Gasteiger partial charge in [0.2, 0.25) is 0 Å². The van der Waals surface area contributed by atoms with Gasteiger partial charge >= 0.3 is 12.2 Å². The van der Waals surface area contributed by atoms with Crippen LogP contribution in [0.3, 0.4) is 0 Å². The fraction of sp³-hybridized carbons (Fsp3) is 0.533. The third-order valence-electron chi connectivity index (χ3n) is 4.03. The smallest absolute Gasteiger partial charge is 0.380 e. The third-order valence-corrected chi connectivity index (χ3v) is 4.03. The monoisotopic (exact) mass is 316 g/mol. The Balaban J connectivity index is 1.98. The maximum absolute atomic E-state index is 12.7. The van der Waals surface area contributed by atoms with Crippen LogP contribution in [0.5, 0.6) is 0 Å². The predicted molar refractivity (Wildman–Crippen MR) is 76.7 cm³/mol. The van der Waals surface area contributed by atoms with E-state index in [0.717, 1.165) is 11.1 Å². The van der Waals surface area contributed by atoms with E-state index in [4.69, 9.17) is 0 Å². The molecule has 0 bridgehead atoms. The second-order valence-electron chi connectivity index (χ2n) is 5.76. The number of piperidine rings is 1. The number of rotatable bonds is 1. The molecule has 122 valence electrons. The van der Waals surface area contributed by atoms with E-state index in [2.05, 4.69) is 5.32 Å². The highest BCUT2D eigenvalue weighted by molar-refractivity contribution is 5.90. The number of nitrogens with one attached hydrogen (secondary N) is 1. The van der Waals surface area contributed by atoms with Crippen LogP contribution in [0.25, 0.3) is 0 Å². The Morgan fingerprint density at radius 2 is 1.86 bits per heavy atom. The molecular formula is C15H19F3N2O2. The molecular weight excluding hydrogens is 297 g/mol. The zero-order valence-electron chi connectivity index (χ0n) is 12.5. The van der Waals surface area contributed by atoms with Gasteiger partial charge in [0.05, 0.1) is 0 Å². The third kappa shape index (κ3) is 3.35. The van der Waals surface area contributed by atoms with Gasteiger partial charge in [-0.2, -0.15) is 13.2 Å². The van der Waals surface area contributed by atoms with Crippen LogP contribution in [-0.4, -0.2) is 40.9 Å². The number of carbonyl (C=O) groups is 1. The van der Waals surface area contributed by atoms with E-state index in [9.17, 15) is 23.1 Å². The number of likely N-dealkylation sites (tertiary alicyclic amines) is 1. The van der Waals surface area contributed by atoms with Gasteiger partial charge in [-0.05, 0) is 25.5 Å². The first-order chi connectivity index (χ1) is 10.1. The van der Waals surface area contributed by atoms with E-state index >= 15 is 0 Å². The second-order valence-corrected chi connectivity index (χ2v) is 5.76. The number of halogens is 3. The van der Waals surface area contributed by atoms with Gasteiger partial charge in [-0.15, -0.1) is 0 Å². The van der Waals surface area contributed by atoms with Crippen LogP contribution >= 0.6 is 0 Å². The molecule has 2 amide bonds. The van der Waals surface area contributed by atoms with E-state index in [-0.39, 0.29) is 13.1 Å². The molecule has 2 N–H and O–H groups in total. The van der Waals surface area contributed by atoms with E-state index in [1.165, 1.54) is 4.90 Å². The number of anilines is 1. The Morgan fingerprint density at radius 3 is 2.36 bits per heavy atom. The highest BCUT2D eigenvalue weighted by Gasteiger charge is 2.54. The van der Waals surface area contributed by atoms with Crippen molar-refractivity contribution in [1.82, 2.24) is 4.90 Å². The molecule has 1 heterocycles. The summed E-state index contributed by atoms with van der Waals surface area (Å²) in [6.45, 7) is 3.52. The van der Waals surface area contributed by atoms with Crippen LogP contribution in [-0.2, 0) is 0 Å². The maximum Gasteiger partial charge on any atom is 0.417 e. The van der Waals surface area contributed by atoms with Crippen LogP contribution < -0.4 is 5.32 Å².